The molecular weight excluding hydrogens is 187 g/mol. The van der Waals surface area contributed by atoms with Crippen molar-refractivity contribution >= 4 is 21.6 Å². The van der Waals surface area contributed by atoms with Gasteiger partial charge in [-0.15, -0.1) is 0 Å². The monoisotopic (exact) mass is 190 g/mol. The number of rotatable bonds is 0. The summed E-state index contributed by atoms with van der Waals surface area (Å²) in [5.74, 6) is -0.635. The lowest BCUT2D eigenvalue weighted by Gasteiger charge is -1.94. The molecule has 0 aromatic carbocycles. The average Bonchev–Trinajstić information content (AvgIpc) is 1.83. The van der Waals surface area contributed by atoms with Crippen LogP contribution in [0, 0.1) is 5.95 Å². The van der Waals surface area contributed by atoms with Gasteiger partial charge in [0.25, 0.3) is 0 Å². The predicted octanol–water partition coefficient (Wildman–Crippen LogP) is 1.57. The Hall–Kier alpha value is -0.640. The van der Waals surface area contributed by atoms with Gasteiger partial charge in [-0.25, -0.2) is 4.98 Å². The van der Waals surface area contributed by atoms with Crippen LogP contribution < -0.4 is 5.73 Å². The molecule has 2 N–H and O–H groups in total. The van der Waals surface area contributed by atoms with E-state index in [0.29, 0.717) is 4.47 Å². The molecule has 4 heteroatoms. The summed E-state index contributed by atoms with van der Waals surface area (Å²) in [5, 5.41) is 0. The van der Waals surface area contributed by atoms with E-state index in [2.05, 4.69) is 20.9 Å². The van der Waals surface area contributed by atoms with Crippen LogP contribution in [0.15, 0.2) is 16.7 Å². The Morgan fingerprint density at radius 2 is 2.33 bits per heavy atom. The zero-order valence-corrected chi connectivity index (χ0v) is 6.02. The molecule has 0 spiro atoms. The third-order valence-electron chi connectivity index (χ3n) is 0.888. The standard InChI is InChI=1S/C5H4BrFN2/c6-3-1-2-9-5(7)4(3)8/h1-2H,8H2. The summed E-state index contributed by atoms with van der Waals surface area (Å²) in [4.78, 5) is 3.32. The topological polar surface area (TPSA) is 38.9 Å². The number of pyridine rings is 1. The molecule has 1 heterocycles. The van der Waals surface area contributed by atoms with E-state index in [4.69, 9.17) is 5.73 Å². The summed E-state index contributed by atoms with van der Waals surface area (Å²) in [6, 6.07) is 1.58. The van der Waals surface area contributed by atoms with E-state index in [9.17, 15) is 4.39 Å². The SMILES string of the molecule is Nc1c(Br)ccnc1F. The van der Waals surface area contributed by atoms with Gasteiger partial charge in [-0.2, -0.15) is 4.39 Å². The Morgan fingerprint density at radius 1 is 1.67 bits per heavy atom. The van der Waals surface area contributed by atoms with Crippen LogP contribution in [0.4, 0.5) is 10.1 Å². The van der Waals surface area contributed by atoms with Crippen LogP contribution in [-0.4, -0.2) is 4.98 Å². The van der Waals surface area contributed by atoms with Gasteiger partial charge in [-0.05, 0) is 22.0 Å². The van der Waals surface area contributed by atoms with Crippen molar-refractivity contribution < 1.29 is 4.39 Å². The Kier molecular flexibility index (Phi) is 1.66. The van der Waals surface area contributed by atoms with Gasteiger partial charge in [0.2, 0.25) is 5.95 Å². The maximum Gasteiger partial charge on any atom is 0.237 e. The molecular formula is C5H4BrFN2. The second-order valence-electron chi connectivity index (χ2n) is 1.50. The lowest BCUT2D eigenvalue weighted by molar-refractivity contribution is 0.588. The maximum atomic E-state index is 12.3. The average molecular weight is 191 g/mol. The van der Waals surface area contributed by atoms with Crippen molar-refractivity contribution in [1.29, 1.82) is 0 Å². The number of nitrogen functional groups attached to an aromatic ring is 1. The summed E-state index contributed by atoms with van der Waals surface area (Å²) in [5.41, 5.74) is 5.25. The van der Waals surface area contributed by atoms with E-state index in [-0.39, 0.29) is 5.69 Å². The number of nitrogens with two attached hydrogens (primary N) is 1. The Bertz CT molecular complexity index is 206. The van der Waals surface area contributed by atoms with Gasteiger partial charge >= 0.3 is 0 Å². The van der Waals surface area contributed by atoms with Crippen molar-refractivity contribution in [1.82, 2.24) is 4.98 Å². The van der Waals surface area contributed by atoms with Crippen LogP contribution in [0.3, 0.4) is 0 Å². The molecule has 0 bridgehead atoms. The van der Waals surface area contributed by atoms with Gasteiger partial charge in [0.05, 0.1) is 0 Å². The number of halogens is 2. The van der Waals surface area contributed by atoms with Crippen molar-refractivity contribution in [3.63, 3.8) is 0 Å². The summed E-state index contributed by atoms with van der Waals surface area (Å²) in [7, 11) is 0. The molecule has 0 fully saturated rings. The maximum absolute atomic E-state index is 12.3. The minimum Gasteiger partial charge on any atom is -0.394 e. The normalized spacial score (nSPS) is 9.56. The first-order valence-electron chi connectivity index (χ1n) is 2.27. The highest BCUT2D eigenvalue weighted by atomic mass is 79.9. The molecule has 0 aliphatic heterocycles. The van der Waals surface area contributed by atoms with Crippen molar-refractivity contribution in [3.8, 4) is 0 Å². The molecule has 0 aliphatic carbocycles. The van der Waals surface area contributed by atoms with Crippen LogP contribution in [0.5, 0.6) is 0 Å². The number of aromatic nitrogens is 1. The Morgan fingerprint density at radius 3 is 2.78 bits per heavy atom. The van der Waals surface area contributed by atoms with Gasteiger partial charge < -0.3 is 5.73 Å². The molecule has 9 heavy (non-hydrogen) atoms. The van der Waals surface area contributed by atoms with Gasteiger partial charge in [-0.3, -0.25) is 0 Å². The van der Waals surface area contributed by atoms with Crippen molar-refractivity contribution in [2.24, 2.45) is 0 Å². The third-order valence-corrected chi connectivity index (χ3v) is 1.58. The molecule has 48 valence electrons. The molecule has 0 saturated carbocycles. The molecule has 0 unspecified atom stereocenters. The molecule has 0 amide bonds. The number of hydrogen-bond acceptors (Lipinski definition) is 2. The second-order valence-corrected chi connectivity index (χ2v) is 2.35. The number of nitrogens with zero attached hydrogens (tertiary/aromatic N) is 1. The van der Waals surface area contributed by atoms with E-state index in [1.165, 1.54) is 6.20 Å². The minimum absolute atomic E-state index is 0.0532. The van der Waals surface area contributed by atoms with Crippen LogP contribution in [0.2, 0.25) is 0 Å². The summed E-state index contributed by atoms with van der Waals surface area (Å²) < 4.78 is 12.9. The molecule has 0 aliphatic rings. The van der Waals surface area contributed by atoms with E-state index in [1.807, 2.05) is 0 Å². The Balaban J connectivity index is 3.25. The third kappa shape index (κ3) is 1.18. The lowest BCUT2D eigenvalue weighted by atomic mass is 10.4. The van der Waals surface area contributed by atoms with Crippen molar-refractivity contribution in [2.45, 2.75) is 0 Å². The lowest BCUT2D eigenvalue weighted by Crippen LogP contribution is -1.93. The van der Waals surface area contributed by atoms with Crippen LogP contribution in [-0.2, 0) is 0 Å². The highest BCUT2D eigenvalue weighted by molar-refractivity contribution is 9.10. The van der Waals surface area contributed by atoms with E-state index in [0.717, 1.165) is 0 Å². The molecule has 0 saturated heterocycles. The van der Waals surface area contributed by atoms with Gasteiger partial charge in [0.1, 0.15) is 5.69 Å². The van der Waals surface area contributed by atoms with Gasteiger partial charge in [-0.1, -0.05) is 0 Å². The summed E-state index contributed by atoms with van der Waals surface area (Å²) >= 11 is 3.04. The first-order valence-corrected chi connectivity index (χ1v) is 3.06. The fourth-order valence-electron chi connectivity index (χ4n) is 0.426. The molecule has 1 rings (SSSR count). The van der Waals surface area contributed by atoms with E-state index < -0.39 is 5.95 Å². The van der Waals surface area contributed by atoms with Crippen molar-refractivity contribution in [2.75, 3.05) is 5.73 Å². The zero-order valence-electron chi connectivity index (χ0n) is 4.44. The minimum atomic E-state index is -0.635. The van der Waals surface area contributed by atoms with E-state index >= 15 is 0 Å². The van der Waals surface area contributed by atoms with Crippen LogP contribution in [0.1, 0.15) is 0 Å². The fourth-order valence-corrected chi connectivity index (χ4v) is 0.708. The van der Waals surface area contributed by atoms with Crippen LogP contribution >= 0.6 is 15.9 Å². The van der Waals surface area contributed by atoms with Crippen molar-refractivity contribution in [3.05, 3.63) is 22.7 Å². The molecule has 0 radical (unpaired) electrons. The Labute approximate surface area is 60.0 Å². The second kappa shape index (κ2) is 2.31. The largest absolute Gasteiger partial charge is 0.394 e. The fraction of sp³-hybridized carbons (Fsp3) is 0. The van der Waals surface area contributed by atoms with Gasteiger partial charge in [0.15, 0.2) is 0 Å². The molecule has 2 nitrogen and oxygen atoms in total. The smallest absolute Gasteiger partial charge is 0.237 e. The summed E-state index contributed by atoms with van der Waals surface area (Å²) in [6.45, 7) is 0. The molecule has 1 aromatic heterocycles. The number of anilines is 1. The zero-order chi connectivity index (χ0) is 6.85. The predicted molar refractivity (Wildman–Crippen MR) is 36.3 cm³/mol. The van der Waals surface area contributed by atoms with E-state index in [1.54, 1.807) is 6.07 Å². The highest BCUT2D eigenvalue weighted by Gasteiger charge is 2.00. The first kappa shape index (κ1) is 6.48. The highest BCUT2D eigenvalue weighted by Crippen LogP contribution is 2.18. The van der Waals surface area contributed by atoms with Crippen LogP contribution in [0.25, 0.3) is 0 Å². The van der Waals surface area contributed by atoms with Gasteiger partial charge in [0, 0.05) is 10.7 Å². The first-order chi connectivity index (χ1) is 4.22. The quantitative estimate of drug-likeness (QED) is 0.632. The molecule has 0 atom stereocenters. The number of hydrogen-bond donors (Lipinski definition) is 1. The molecule has 1 aromatic rings. The summed E-state index contributed by atoms with van der Waals surface area (Å²) in [6.07, 6.45) is 1.34.